The molecular weight excluding hydrogens is 450 g/mol. The number of hydrogen-bond donors (Lipinski definition) is 1. The number of para-hydroxylation sites is 3. The third-order valence-corrected chi connectivity index (χ3v) is 7.03. The predicted octanol–water partition coefficient (Wildman–Crippen LogP) is 6.67. The Hall–Kier alpha value is -3.55. The van der Waals surface area contributed by atoms with Gasteiger partial charge >= 0.3 is 0 Å². The SMILES string of the molecule is CCOc1ccccc1-c1nc(CC(=O)Nc2ccccc2-c2nc3ccccc3s2)cs1. The molecule has 0 bridgehead atoms. The summed E-state index contributed by atoms with van der Waals surface area (Å²) in [5, 5.41) is 6.71. The van der Waals surface area contributed by atoms with Crippen molar-refractivity contribution in [1.29, 1.82) is 0 Å². The molecule has 33 heavy (non-hydrogen) atoms. The van der Waals surface area contributed by atoms with Gasteiger partial charge < -0.3 is 10.1 Å². The monoisotopic (exact) mass is 471 g/mol. The molecule has 0 spiro atoms. The molecule has 0 saturated carbocycles. The molecule has 0 saturated heterocycles. The van der Waals surface area contributed by atoms with E-state index < -0.39 is 0 Å². The van der Waals surface area contributed by atoms with Gasteiger partial charge in [0.15, 0.2) is 0 Å². The minimum absolute atomic E-state index is 0.112. The Bertz CT molecular complexity index is 1390. The number of hydrogen-bond acceptors (Lipinski definition) is 6. The van der Waals surface area contributed by atoms with Gasteiger partial charge in [0.2, 0.25) is 5.91 Å². The fourth-order valence-electron chi connectivity index (χ4n) is 3.56. The van der Waals surface area contributed by atoms with Crippen molar-refractivity contribution in [1.82, 2.24) is 9.97 Å². The van der Waals surface area contributed by atoms with Crippen LogP contribution in [0.25, 0.3) is 31.4 Å². The van der Waals surface area contributed by atoms with Gasteiger partial charge in [0.1, 0.15) is 15.8 Å². The van der Waals surface area contributed by atoms with E-state index in [4.69, 9.17) is 9.72 Å². The molecule has 5 nitrogen and oxygen atoms in total. The summed E-state index contributed by atoms with van der Waals surface area (Å²) < 4.78 is 6.84. The zero-order valence-corrected chi connectivity index (χ0v) is 19.6. The minimum atomic E-state index is -0.112. The minimum Gasteiger partial charge on any atom is -0.493 e. The summed E-state index contributed by atoms with van der Waals surface area (Å²) in [5.74, 6) is 0.689. The van der Waals surface area contributed by atoms with Gasteiger partial charge in [0.25, 0.3) is 0 Å². The molecule has 2 heterocycles. The van der Waals surface area contributed by atoms with E-state index in [0.717, 1.165) is 48.5 Å². The van der Waals surface area contributed by atoms with Gasteiger partial charge in [-0.15, -0.1) is 22.7 Å². The van der Waals surface area contributed by atoms with E-state index in [1.165, 1.54) is 11.3 Å². The Morgan fingerprint density at radius 1 is 0.909 bits per heavy atom. The first-order chi connectivity index (χ1) is 16.2. The Kier molecular flexibility index (Phi) is 6.15. The van der Waals surface area contributed by atoms with Gasteiger partial charge in [-0.05, 0) is 43.3 Å². The maximum atomic E-state index is 12.9. The van der Waals surface area contributed by atoms with Crippen LogP contribution < -0.4 is 10.1 Å². The second kappa shape index (κ2) is 9.52. The molecule has 0 unspecified atom stereocenters. The maximum Gasteiger partial charge on any atom is 0.230 e. The lowest BCUT2D eigenvalue weighted by Gasteiger charge is -2.09. The van der Waals surface area contributed by atoms with E-state index in [9.17, 15) is 4.79 Å². The normalized spacial score (nSPS) is 10.9. The lowest BCUT2D eigenvalue weighted by Crippen LogP contribution is -2.15. The van der Waals surface area contributed by atoms with Crippen molar-refractivity contribution in [3.8, 4) is 26.9 Å². The quantitative estimate of drug-likeness (QED) is 0.288. The maximum absolute atomic E-state index is 12.9. The third-order valence-electron chi connectivity index (χ3n) is 5.04. The van der Waals surface area contributed by atoms with E-state index in [1.54, 1.807) is 11.3 Å². The van der Waals surface area contributed by atoms with E-state index in [1.807, 2.05) is 79.0 Å². The van der Waals surface area contributed by atoms with Crippen LogP contribution in [0.3, 0.4) is 0 Å². The molecule has 0 atom stereocenters. The summed E-state index contributed by atoms with van der Waals surface area (Å²) in [7, 11) is 0. The van der Waals surface area contributed by atoms with Gasteiger partial charge in [-0.1, -0.05) is 36.4 Å². The standard InChI is InChI=1S/C26H21N3O2S2/c1-2-31-22-13-7-4-10-19(22)25-27-17(16-32-25)15-24(30)28-20-11-5-3-9-18(20)26-29-21-12-6-8-14-23(21)33-26/h3-14,16H,2,15H2,1H3,(H,28,30). The molecule has 1 N–H and O–H groups in total. The molecule has 0 aliphatic heterocycles. The zero-order chi connectivity index (χ0) is 22.6. The fraction of sp³-hybridized carbons (Fsp3) is 0.115. The largest absolute Gasteiger partial charge is 0.493 e. The first-order valence-electron chi connectivity index (χ1n) is 10.6. The molecule has 5 aromatic rings. The summed E-state index contributed by atoms with van der Waals surface area (Å²) in [6, 6.07) is 23.6. The topological polar surface area (TPSA) is 64.1 Å². The summed E-state index contributed by atoms with van der Waals surface area (Å²) in [6.45, 7) is 2.55. The third kappa shape index (κ3) is 4.65. The number of nitrogens with zero attached hydrogens (tertiary/aromatic N) is 2. The van der Waals surface area contributed by atoms with Crippen LogP contribution in [0.4, 0.5) is 5.69 Å². The number of aromatic nitrogens is 2. The first-order valence-corrected chi connectivity index (χ1v) is 12.3. The van der Waals surface area contributed by atoms with Crippen molar-refractivity contribution in [2.75, 3.05) is 11.9 Å². The summed E-state index contributed by atoms with van der Waals surface area (Å²) in [6.07, 6.45) is 0.196. The molecule has 3 aromatic carbocycles. The van der Waals surface area contributed by atoms with Crippen LogP contribution in [0.1, 0.15) is 12.6 Å². The van der Waals surface area contributed by atoms with E-state index in [0.29, 0.717) is 6.61 Å². The van der Waals surface area contributed by atoms with Crippen LogP contribution in [0.5, 0.6) is 5.75 Å². The number of carbonyl (C=O) groups excluding carboxylic acids is 1. The van der Waals surface area contributed by atoms with Crippen molar-refractivity contribution >= 4 is 44.5 Å². The number of anilines is 1. The Morgan fingerprint density at radius 2 is 1.67 bits per heavy atom. The van der Waals surface area contributed by atoms with Gasteiger partial charge in [-0.3, -0.25) is 4.79 Å². The first kappa shape index (κ1) is 21.3. The number of nitrogens with one attached hydrogen (secondary N) is 1. The van der Waals surface area contributed by atoms with Gasteiger partial charge in [-0.2, -0.15) is 0 Å². The van der Waals surface area contributed by atoms with Crippen molar-refractivity contribution in [2.24, 2.45) is 0 Å². The second-order valence-electron chi connectivity index (χ2n) is 7.33. The molecule has 5 rings (SSSR count). The average Bonchev–Trinajstić information content (AvgIpc) is 3.47. The molecule has 7 heteroatoms. The van der Waals surface area contributed by atoms with E-state index in [2.05, 4.69) is 16.4 Å². The molecule has 0 radical (unpaired) electrons. The zero-order valence-electron chi connectivity index (χ0n) is 17.9. The number of carbonyl (C=O) groups is 1. The van der Waals surface area contributed by atoms with E-state index >= 15 is 0 Å². The van der Waals surface area contributed by atoms with Crippen LogP contribution in [0.2, 0.25) is 0 Å². The number of rotatable bonds is 7. The molecule has 164 valence electrons. The molecular formula is C26H21N3O2S2. The highest BCUT2D eigenvalue weighted by atomic mass is 32.1. The lowest BCUT2D eigenvalue weighted by molar-refractivity contribution is -0.115. The van der Waals surface area contributed by atoms with Crippen LogP contribution in [0, 0.1) is 0 Å². The van der Waals surface area contributed by atoms with Crippen molar-refractivity contribution in [2.45, 2.75) is 13.3 Å². The molecule has 0 aliphatic rings. The molecule has 0 fully saturated rings. The van der Waals surface area contributed by atoms with E-state index in [-0.39, 0.29) is 12.3 Å². The van der Waals surface area contributed by atoms with Crippen LogP contribution >= 0.6 is 22.7 Å². The highest BCUT2D eigenvalue weighted by molar-refractivity contribution is 7.21. The highest BCUT2D eigenvalue weighted by Crippen LogP contribution is 2.35. The lowest BCUT2D eigenvalue weighted by atomic mass is 10.1. The van der Waals surface area contributed by atoms with Crippen molar-refractivity contribution in [3.63, 3.8) is 0 Å². The fourth-order valence-corrected chi connectivity index (χ4v) is 5.42. The van der Waals surface area contributed by atoms with Gasteiger partial charge in [0, 0.05) is 10.9 Å². The van der Waals surface area contributed by atoms with Gasteiger partial charge in [0.05, 0.1) is 40.2 Å². The second-order valence-corrected chi connectivity index (χ2v) is 9.22. The number of fused-ring (bicyclic) bond motifs is 1. The van der Waals surface area contributed by atoms with Crippen LogP contribution in [-0.4, -0.2) is 22.5 Å². The molecule has 1 amide bonds. The number of ether oxygens (including phenoxy) is 1. The predicted molar refractivity (Wildman–Crippen MR) is 136 cm³/mol. The number of benzene rings is 3. The number of amides is 1. The Morgan fingerprint density at radius 3 is 2.52 bits per heavy atom. The average molecular weight is 472 g/mol. The summed E-state index contributed by atoms with van der Waals surface area (Å²) >= 11 is 3.13. The Labute approximate surface area is 199 Å². The molecule has 2 aromatic heterocycles. The van der Waals surface area contributed by atoms with Crippen molar-refractivity contribution < 1.29 is 9.53 Å². The van der Waals surface area contributed by atoms with Crippen molar-refractivity contribution in [3.05, 3.63) is 83.9 Å². The van der Waals surface area contributed by atoms with Crippen LogP contribution in [0.15, 0.2) is 78.2 Å². The summed E-state index contributed by atoms with van der Waals surface area (Å²) in [5.41, 5.74) is 4.30. The molecule has 0 aliphatic carbocycles. The van der Waals surface area contributed by atoms with Crippen LogP contribution in [-0.2, 0) is 11.2 Å². The summed E-state index contributed by atoms with van der Waals surface area (Å²) in [4.78, 5) is 22.3. The van der Waals surface area contributed by atoms with Gasteiger partial charge in [-0.25, -0.2) is 9.97 Å². The number of thiazole rings is 2. The Balaban J connectivity index is 1.34. The smallest absolute Gasteiger partial charge is 0.230 e. The highest BCUT2D eigenvalue weighted by Gasteiger charge is 2.15.